The van der Waals surface area contributed by atoms with Crippen LogP contribution in [0, 0.1) is 5.82 Å². The van der Waals surface area contributed by atoms with E-state index in [4.69, 9.17) is 0 Å². The molecular weight excluding hydrogens is 313 g/mol. The Bertz CT molecular complexity index is 722. The number of aromatic nitrogens is 2. The minimum absolute atomic E-state index is 0.00140. The predicted octanol–water partition coefficient (Wildman–Crippen LogP) is 3.14. The van der Waals surface area contributed by atoms with Crippen LogP contribution in [0.3, 0.4) is 0 Å². The maximum absolute atomic E-state index is 12.8. The highest BCUT2D eigenvalue weighted by molar-refractivity contribution is 7.93. The van der Waals surface area contributed by atoms with Gasteiger partial charge in [-0.3, -0.25) is 4.72 Å². The SMILES string of the molecule is O=S(=O)(Nc1nnc(C2CCCC2)s1)c1ccc(F)cc1. The molecule has 0 radical (unpaired) electrons. The molecule has 3 rings (SSSR count). The lowest BCUT2D eigenvalue weighted by Crippen LogP contribution is -2.12. The molecule has 1 N–H and O–H groups in total. The van der Waals surface area contributed by atoms with Crippen LogP contribution in [0.25, 0.3) is 0 Å². The molecule has 8 heteroatoms. The quantitative estimate of drug-likeness (QED) is 0.936. The fraction of sp³-hybridized carbons (Fsp3) is 0.385. The first-order valence-electron chi connectivity index (χ1n) is 6.66. The zero-order valence-electron chi connectivity index (χ0n) is 11.1. The molecule has 1 aliphatic rings. The van der Waals surface area contributed by atoms with Crippen LogP contribution >= 0.6 is 11.3 Å². The van der Waals surface area contributed by atoms with Gasteiger partial charge in [0.05, 0.1) is 4.90 Å². The Morgan fingerprint density at radius 3 is 2.48 bits per heavy atom. The summed E-state index contributed by atoms with van der Waals surface area (Å²) >= 11 is 1.27. The second-order valence-corrected chi connectivity index (χ2v) is 7.68. The molecule has 1 heterocycles. The highest BCUT2D eigenvalue weighted by Gasteiger charge is 2.23. The molecule has 0 amide bonds. The molecule has 1 aromatic carbocycles. The number of halogens is 1. The Labute approximate surface area is 126 Å². The molecule has 5 nitrogen and oxygen atoms in total. The molecule has 0 bridgehead atoms. The van der Waals surface area contributed by atoms with E-state index in [9.17, 15) is 12.8 Å². The van der Waals surface area contributed by atoms with Gasteiger partial charge in [0.25, 0.3) is 10.0 Å². The van der Waals surface area contributed by atoms with Crippen molar-refractivity contribution in [2.45, 2.75) is 36.5 Å². The minimum atomic E-state index is -3.75. The van der Waals surface area contributed by atoms with Crippen molar-refractivity contribution in [1.29, 1.82) is 0 Å². The highest BCUT2D eigenvalue weighted by Crippen LogP contribution is 2.36. The number of nitrogens with one attached hydrogen (secondary N) is 1. The van der Waals surface area contributed by atoms with Crippen LogP contribution in [0.5, 0.6) is 0 Å². The number of sulfonamides is 1. The molecule has 0 atom stereocenters. The van der Waals surface area contributed by atoms with E-state index < -0.39 is 15.8 Å². The number of hydrogen-bond donors (Lipinski definition) is 1. The van der Waals surface area contributed by atoms with Gasteiger partial charge in [0.2, 0.25) is 5.13 Å². The molecule has 1 aromatic heterocycles. The molecule has 0 aliphatic heterocycles. The zero-order chi connectivity index (χ0) is 14.9. The molecule has 1 aliphatic carbocycles. The molecule has 112 valence electrons. The fourth-order valence-corrected chi connectivity index (χ4v) is 4.54. The van der Waals surface area contributed by atoms with Crippen LogP contribution in [-0.4, -0.2) is 18.6 Å². The Kier molecular flexibility index (Phi) is 3.90. The third-order valence-corrected chi connectivity index (χ3v) is 5.98. The monoisotopic (exact) mass is 327 g/mol. The van der Waals surface area contributed by atoms with E-state index in [2.05, 4.69) is 14.9 Å². The van der Waals surface area contributed by atoms with Gasteiger partial charge in [-0.15, -0.1) is 10.2 Å². The van der Waals surface area contributed by atoms with Crippen molar-refractivity contribution in [2.75, 3.05) is 4.72 Å². The molecule has 2 aromatic rings. The molecule has 0 unspecified atom stereocenters. The predicted molar refractivity (Wildman–Crippen MR) is 78.3 cm³/mol. The first-order valence-corrected chi connectivity index (χ1v) is 8.96. The van der Waals surface area contributed by atoms with Crippen molar-refractivity contribution in [1.82, 2.24) is 10.2 Å². The summed E-state index contributed by atoms with van der Waals surface area (Å²) in [5.74, 6) is -0.0834. The second kappa shape index (κ2) is 5.69. The van der Waals surface area contributed by atoms with Crippen LogP contribution in [-0.2, 0) is 10.0 Å². The number of anilines is 1. The summed E-state index contributed by atoms with van der Waals surface area (Å²) in [6.45, 7) is 0. The molecule has 1 saturated carbocycles. The molecule has 1 fully saturated rings. The third-order valence-electron chi connectivity index (χ3n) is 3.49. The number of benzene rings is 1. The average Bonchev–Trinajstić information content (AvgIpc) is 3.09. The third kappa shape index (κ3) is 3.21. The first-order chi connectivity index (χ1) is 10.0. The van der Waals surface area contributed by atoms with Crippen LogP contribution in [0.15, 0.2) is 29.2 Å². The standard InChI is InChI=1S/C13H14FN3O2S2/c14-10-5-7-11(8-6-10)21(18,19)17-13-16-15-12(20-13)9-3-1-2-4-9/h5-9H,1-4H2,(H,16,17). The fourth-order valence-electron chi connectivity index (χ4n) is 2.40. The summed E-state index contributed by atoms with van der Waals surface area (Å²) in [6, 6.07) is 4.66. The average molecular weight is 327 g/mol. The summed E-state index contributed by atoms with van der Waals surface area (Å²) < 4.78 is 39.5. The summed E-state index contributed by atoms with van der Waals surface area (Å²) in [7, 11) is -3.75. The van der Waals surface area contributed by atoms with Gasteiger partial charge in [-0.05, 0) is 37.1 Å². The Morgan fingerprint density at radius 1 is 1.14 bits per heavy atom. The summed E-state index contributed by atoms with van der Waals surface area (Å²) in [4.78, 5) is 0.00140. The summed E-state index contributed by atoms with van der Waals surface area (Å²) in [6.07, 6.45) is 4.53. The van der Waals surface area contributed by atoms with E-state index in [0.717, 1.165) is 30.0 Å². The van der Waals surface area contributed by atoms with Gasteiger partial charge in [0.1, 0.15) is 10.8 Å². The highest BCUT2D eigenvalue weighted by atomic mass is 32.2. The Morgan fingerprint density at radius 2 is 1.81 bits per heavy atom. The lowest BCUT2D eigenvalue weighted by Gasteiger charge is -2.04. The van der Waals surface area contributed by atoms with Crippen LogP contribution < -0.4 is 4.72 Å². The zero-order valence-corrected chi connectivity index (χ0v) is 12.8. The summed E-state index contributed by atoms with van der Waals surface area (Å²) in [5, 5.41) is 9.10. The Balaban J connectivity index is 1.77. The minimum Gasteiger partial charge on any atom is -0.253 e. The van der Waals surface area contributed by atoms with Crippen LogP contribution in [0.1, 0.15) is 36.6 Å². The maximum Gasteiger partial charge on any atom is 0.263 e. The van der Waals surface area contributed by atoms with Gasteiger partial charge in [0, 0.05) is 5.92 Å². The topological polar surface area (TPSA) is 72.0 Å². The van der Waals surface area contributed by atoms with Crippen molar-refractivity contribution in [2.24, 2.45) is 0 Å². The second-order valence-electron chi connectivity index (χ2n) is 4.99. The number of hydrogen-bond acceptors (Lipinski definition) is 5. The van der Waals surface area contributed by atoms with Gasteiger partial charge in [0.15, 0.2) is 0 Å². The number of rotatable bonds is 4. The van der Waals surface area contributed by atoms with Crippen molar-refractivity contribution in [3.8, 4) is 0 Å². The summed E-state index contributed by atoms with van der Waals surface area (Å²) in [5.41, 5.74) is 0. The van der Waals surface area contributed by atoms with Gasteiger partial charge < -0.3 is 0 Å². The van der Waals surface area contributed by atoms with Crippen LogP contribution in [0.2, 0.25) is 0 Å². The molecule has 0 spiro atoms. The van der Waals surface area contributed by atoms with Crippen LogP contribution in [0.4, 0.5) is 9.52 Å². The smallest absolute Gasteiger partial charge is 0.253 e. The van der Waals surface area contributed by atoms with Gasteiger partial charge in [-0.2, -0.15) is 0 Å². The van der Waals surface area contributed by atoms with E-state index in [0.29, 0.717) is 5.92 Å². The Hall–Kier alpha value is -1.54. The van der Waals surface area contributed by atoms with Crippen molar-refractivity contribution in [3.05, 3.63) is 35.1 Å². The molecule has 0 saturated heterocycles. The first kappa shape index (κ1) is 14.4. The maximum atomic E-state index is 12.8. The van der Waals surface area contributed by atoms with Gasteiger partial charge in [-0.1, -0.05) is 24.2 Å². The normalized spacial score (nSPS) is 16.2. The van der Waals surface area contributed by atoms with Crippen molar-refractivity contribution in [3.63, 3.8) is 0 Å². The van der Waals surface area contributed by atoms with Gasteiger partial charge >= 0.3 is 0 Å². The number of nitrogens with zero attached hydrogens (tertiary/aromatic N) is 2. The van der Waals surface area contributed by atoms with E-state index >= 15 is 0 Å². The van der Waals surface area contributed by atoms with Crippen molar-refractivity contribution < 1.29 is 12.8 Å². The lowest BCUT2D eigenvalue weighted by molar-refractivity contribution is 0.599. The van der Waals surface area contributed by atoms with Gasteiger partial charge in [-0.25, -0.2) is 12.8 Å². The van der Waals surface area contributed by atoms with E-state index in [1.165, 1.54) is 36.3 Å². The van der Waals surface area contributed by atoms with E-state index in [-0.39, 0.29) is 10.0 Å². The van der Waals surface area contributed by atoms with E-state index in [1.54, 1.807) is 0 Å². The van der Waals surface area contributed by atoms with Crippen molar-refractivity contribution >= 4 is 26.5 Å². The lowest BCUT2D eigenvalue weighted by atomic mass is 10.1. The molecule has 21 heavy (non-hydrogen) atoms. The molecular formula is C13H14FN3O2S2. The largest absolute Gasteiger partial charge is 0.263 e. The van der Waals surface area contributed by atoms with E-state index in [1.807, 2.05) is 0 Å².